The summed E-state index contributed by atoms with van der Waals surface area (Å²) in [5.74, 6) is 0.447. The maximum absolute atomic E-state index is 11.6. The highest BCUT2D eigenvalue weighted by molar-refractivity contribution is 5.75. The molecule has 2 heteroatoms. The Hall–Kier alpha value is -1.57. The van der Waals surface area contributed by atoms with Crippen LogP contribution in [0.4, 0.5) is 0 Å². The van der Waals surface area contributed by atoms with Crippen LogP contribution in [0.25, 0.3) is 0 Å². The second kappa shape index (κ2) is 8.66. The van der Waals surface area contributed by atoms with E-state index in [1.807, 2.05) is 13.8 Å². The van der Waals surface area contributed by atoms with Crippen LogP contribution in [0.15, 0.2) is 42.5 Å². The number of carbonyl (C=O) groups excluding carboxylic acids is 1. The Labute approximate surface area is 129 Å². The summed E-state index contributed by atoms with van der Waals surface area (Å²) < 4.78 is 4.82. The Morgan fingerprint density at radius 1 is 1.24 bits per heavy atom. The number of ether oxygens (including phenoxy) is 1. The lowest BCUT2D eigenvalue weighted by Gasteiger charge is -2.20. The zero-order chi connectivity index (χ0) is 15.7. The zero-order valence-corrected chi connectivity index (χ0v) is 13.8. The summed E-state index contributed by atoms with van der Waals surface area (Å²) in [5, 5.41) is 0. The Bertz CT molecular complexity index is 446. The molecule has 1 aromatic rings. The lowest BCUT2D eigenvalue weighted by molar-refractivity contribution is -0.151. The Morgan fingerprint density at radius 3 is 2.48 bits per heavy atom. The highest BCUT2D eigenvalue weighted by Crippen LogP contribution is 2.26. The van der Waals surface area contributed by atoms with E-state index in [2.05, 4.69) is 49.4 Å². The van der Waals surface area contributed by atoms with Crippen LogP contribution >= 0.6 is 0 Å². The zero-order valence-electron chi connectivity index (χ0n) is 13.8. The van der Waals surface area contributed by atoms with Gasteiger partial charge < -0.3 is 4.74 Å². The van der Waals surface area contributed by atoms with E-state index in [0.717, 1.165) is 25.7 Å². The van der Waals surface area contributed by atoms with Crippen molar-refractivity contribution in [1.29, 1.82) is 0 Å². The van der Waals surface area contributed by atoms with Crippen molar-refractivity contribution < 1.29 is 9.53 Å². The van der Waals surface area contributed by atoms with Crippen LogP contribution in [-0.4, -0.2) is 13.1 Å². The molecule has 0 aliphatic carbocycles. The van der Waals surface area contributed by atoms with Crippen molar-refractivity contribution in [3.8, 4) is 0 Å². The van der Waals surface area contributed by atoms with Crippen molar-refractivity contribution in [3.05, 3.63) is 48.0 Å². The molecule has 1 aromatic carbocycles. The fraction of sp³-hybridized carbons (Fsp3) is 0.526. The number of allylic oxidation sites excluding steroid dienone is 2. The van der Waals surface area contributed by atoms with Crippen LogP contribution in [0.1, 0.15) is 57.9 Å². The molecule has 1 unspecified atom stereocenters. The average Bonchev–Trinajstić information content (AvgIpc) is 2.50. The van der Waals surface area contributed by atoms with Crippen molar-refractivity contribution in [2.45, 2.75) is 52.4 Å². The summed E-state index contributed by atoms with van der Waals surface area (Å²) in [6, 6.07) is 10.6. The summed E-state index contributed by atoms with van der Waals surface area (Å²) >= 11 is 0. The van der Waals surface area contributed by atoms with Gasteiger partial charge in [-0.1, -0.05) is 49.4 Å². The second-order valence-corrected chi connectivity index (χ2v) is 6.14. The van der Waals surface area contributed by atoms with Crippen LogP contribution in [0, 0.1) is 5.41 Å². The summed E-state index contributed by atoms with van der Waals surface area (Å²) in [6.07, 6.45) is 8.36. The van der Waals surface area contributed by atoms with Gasteiger partial charge in [0.25, 0.3) is 0 Å². The third-order valence-corrected chi connectivity index (χ3v) is 4.03. The first-order valence-corrected chi connectivity index (χ1v) is 7.79. The van der Waals surface area contributed by atoms with Crippen LogP contribution in [0.3, 0.4) is 0 Å². The molecule has 0 saturated carbocycles. The van der Waals surface area contributed by atoms with Gasteiger partial charge in [0.2, 0.25) is 0 Å². The Morgan fingerprint density at radius 2 is 1.90 bits per heavy atom. The minimum atomic E-state index is -0.400. The van der Waals surface area contributed by atoms with Gasteiger partial charge >= 0.3 is 5.97 Å². The maximum atomic E-state index is 11.6. The summed E-state index contributed by atoms with van der Waals surface area (Å²) in [6.45, 7) is 6.10. The lowest BCUT2D eigenvalue weighted by Crippen LogP contribution is -2.25. The van der Waals surface area contributed by atoms with Gasteiger partial charge in [0.15, 0.2) is 0 Å². The normalized spacial score (nSPS) is 13.3. The number of hydrogen-bond donors (Lipinski definition) is 0. The molecule has 0 saturated heterocycles. The van der Waals surface area contributed by atoms with E-state index < -0.39 is 5.41 Å². The van der Waals surface area contributed by atoms with E-state index in [0.29, 0.717) is 5.92 Å². The SMILES string of the molecule is CCC(C/C=C/CCC(C)(C)C(=O)OC)c1ccccc1. The number of hydrogen-bond acceptors (Lipinski definition) is 2. The molecule has 0 bridgehead atoms. The van der Waals surface area contributed by atoms with Crippen LogP contribution in [-0.2, 0) is 9.53 Å². The molecular formula is C19H28O2. The van der Waals surface area contributed by atoms with Gasteiger partial charge in [0.05, 0.1) is 12.5 Å². The van der Waals surface area contributed by atoms with Crippen molar-refractivity contribution in [1.82, 2.24) is 0 Å². The van der Waals surface area contributed by atoms with Gasteiger partial charge in [0.1, 0.15) is 0 Å². The van der Waals surface area contributed by atoms with E-state index in [1.54, 1.807) is 0 Å². The molecule has 0 aromatic heterocycles. The fourth-order valence-corrected chi connectivity index (χ4v) is 2.46. The highest BCUT2D eigenvalue weighted by Gasteiger charge is 2.27. The number of methoxy groups -OCH3 is 1. The molecule has 0 N–H and O–H groups in total. The van der Waals surface area contributed by atoms with Crippen LogP contribution in [0.2, 0.25) is 0 Å². The highest BCUT2D eigenvalue weighted by atomic mass is 16.5. The van der Waals surface area contributed by atoms with E-state index in [-0.39, 0.29) is 5.97 Å². The van der Waals surface area contributed by atoms with Crippen LogP contribution < -0.4 is 0 Å². The summed E-state index contributed by atoms with van der Waals surface area (Å²) in [5.41, 5.74) is 1.00. The molecular weight excluding hydrogens is 260 g/mol. The summed E-state index contributed by atoms with van der Waals surface area (Å²) in [4.78, 5) is 11.6. The van der Waals surface area contributed by atoms with Gasteiger partial charge in [-0.3, -0.25) is 4.79 Å². The third kappa shape index (κ3) is 5.74. The van der Waals surface area contributed by atoms with Gasteiger partial charge in [-0.25, -0.2) is 0 Å². The topological polar surface area (TPSA) is 26.3 Å². The van der Waals surface area contributed by atoms with E-state index in [4.69, 9.17) is 4.74 Å². The molecule has 0 aliphatic rings. The van der Waals surface area contributed by atoms with Gasteiger partial charge in [-0.15, -0.1) is 0 Å². The van der Waals surface area contributed by atoms with Gasteiger partial charge in [-0.05, 0) is 51.0 Å². The Balaban J connectivity index is 2.42. The quantitative estimate of drug-likeness (QED) is 0.491. The first kappa shape index (κ1) is 17.5. The van der Waals surface area contributed by atoms with E-state index in [9.17, 15) is 4.79 Å². The predicted molar refractivity (Wildman–Crippen MR) is 88.3 cm³/mol. The minimum absolute atomic E-state index is 0.133. The predicted octanol–water partition coefficient (Wildman–Crippen LogP) is 5.11. The fourth-order valence-electron chi connectivity index (χ4n) is 2.46. The summed E-state index contributed by atoms with van der Waals surface area (Å²) in [7, 11) is 1.45. The van der Waals surface area contributed by atoms with Crippen molar-refractivity contribution in [3.63, 3.8) is 0 Å². The molecule has 0 heterocycles. The second-order valence-electron chi connectivity index (χ2n) is 6.14. The molecule has 0 amide bonds. The largest absolute Gasteiger partial charge is 0.469 e. The standard InChI is InChI=1S/C19H28O2/c1-5-16(17-13-8-6-9-14-17)12-10-7-11-15-19(2,3)18(20)21-4/h6-10,13-14,16H,5,11-12,15H2,1-4H3/b10-7+. The smallest absolute Gasteiger partial charge is 0.311 e. The minimum Gasteiger partial charge on any atom is -0.469 e. The number of esters is 1. The number of benzene rings is 1. The molecule has 1 atom stereocenters. The molecule has 21 heavy (non-hydrogen) atoms. The first-order valence-electron chi connectivity index (χ1n) is 7.79. The number of carbonyl (C=O) groups is 1. The third-order valence-electron chi connectivity index (χ3n) is 4.03. The lowest BCUT2D eigenvalue weighted by atomic mass is 9.87. The molecule has 1 rings (SSSR count). The van der Waals surface area contributed by atoms with Crippen LogP contribution in [0.5, 0.6) is 0 Å². The number of rotatable bonds is 8. The van der Waals surface area contributed by atoms with E-state index >= 15 is 0 Å². The monoisotopic (exact) mass is 288 g/mol. The van der Waals surface area contributed by atoms with Crippen molar-refractivity contribution in [2.75, 3.05) is 7.11 Å². The molecule has 0 fully saturated rings. The average molecular weight is 288 g/mol. The van der Waals surface area contributed by atoms with E-state index in [1.165, 1.54) is 12.7 Å². The molecule has 0 aliphatic heterocycles. The Kier molecular flexibility index (Phi) is 7.21. The van der Waals surface area contributed by atoms with Crippen molar-refractivity contribution >= 4 is 5.97 Å². The molecule has 2 nitrogen and oxygen atoms in total. The van der Waals surface area contributed by atoms with Gasteiger partial charge in [-0.2, -0.15) is 0 Å². The molecule has 0 spiro atoms. The maximum Gasteiger partial charge on any atom is 0.311 e. The first-order chi connectivity index (χ1) is 10.0. The molecule has 116 valence electrons. The molecule has 0 radical (unpaired) electrons. The van der Waals surface area contributed by atoms with Crippen molar-refractivity contribution in [2.24, 2.45) is 5.41 Å². The van der Waals surface area contributed by atoms with Gasteiger partial charge in [0, 0.05) is 0 Å².